The second-order valence-electron chi connectivity index (χ2n) is 11.5. The SMILES string of the molecule is CSCOC1C[C@H](n2cc(C#CCNC(=O)C(F)(F)F)c(NC(=O)c3ccccc3)nc2=O)O[C@@H]1CO[Si](C)(C)C(C)(C)C. The van der Waals surface area contributed by atoms with E-state index in [4.69, 9.17) is 13.9 Å². The molecule has 10 nitrogen and oxygen atoms in total. The van der Waals surface area contributed by atoms with E-state index >= 15 is 0 Å². The minimum Gasteiger partial charge on any atom is -0.414 e. The zero-order chi connectivity index (χ0) is 32.7. The van der Waals surface area contributed by atoms with Gasteiger partial charge in [-0.3, -0.25) is 14.2 Å². The number of hydrogen-bond donors (Lipinski definition) is 2. The molecule has 0 aliphatic carbocycles. The van der Waals surface area contributed by atoms with Crippen molar-refractivity contribution >= 4 is 37.7 Å². The highest BCUT2D eigenvalue weighted by atomic mass is 32.2. The normalized spacial score (nSPS) is 18.8. The molecule has 1 aliphatic heterocycles. The molecule has 1 fully saturated rings. The number of halogens is 3. The lowest BCUT2D eigenvalue weighted by Gasteiger charge is -2.37. The molecule has 3 atom stereocenters. The number of amides is 2. The van der Waals surface area contributed by atoms with Gasteiger partial charge in [-0.25, -0.2) is 4.79 Å². The van der Waals surface area contributed by atoms with Crippen molar-refractivity contribution in [2.75, 3.05) is 30.7 Å². The van der Waals surface area contributed by atoms with Crippen LogP contribution in [0.1, 0.15) is 49.3 Å². The number of alkyl halides is 3. The number of carbonyl (C=O) groups excluding carboxylic acids is 2. The summed E-state index contributed by atoms with van der Waals surface area (Å²) < 4.78 is 57.6. The van der Waals surface area contributed by atoms with Crippen LogP contribution in [0, 0.1) is 11.8 Å². The van der Waals surface area contributed by atoms with Crippen LogP contribution < -0.4 is 16.3 Å². The van der Waals surface area contributed by atoms with Crippen LogP contribution in [-0.2, 0) is 18.7 Å². The quantitative estimate of drug-likeness (QED) is 0.218. The molecule has 2 amide bonds. The number of benzene rings is 1. The topological polar surface area (TPSA) is 121 Å². The number of rotatable bonds is 10. The molecular weight excluding hydrogens is 617 g/mol. The molecule has 2 N–H and O–H groups in total. The molecule has 2 aromatic rings. The fourth-order valence-corrected chi connectivity index (χ4v) is 5.18. The maximum Gasteiger partial charge on any atom is 0.471 e. The second kappa shape index (κ2) is 14.7. The summed E-state index contributed by atoms with van der Waals surface area (Å²) in [5.41, 5.74) is -0.433. The summed E-state index contributed by atoms with van der Waals surface area (Å²) in [6.07, 6.45) is -3.26. The highest BCUT2D eigenvalue weighted by Crippen LogP contribution is 2.38. The number of ether oxygens (including phenoxy) is 2. The molecular formula is C29H37F3N4O6SSi. The predicted octanol–water partition coefficient (Wildman–Crippen LogP) is 4.54. The van der Waals surface area contributed by atoms with Gasteiger partial charge in [-0.2, -0.15) is 18.2 Å². The minimum atomic E-state index is -5.06. The average molecular weight is 655 g/mol. The third kappa shape index (κ3) is 9.42. The summed E-state index contributed by atoms with van der Waals surface area (Å²) in [7, 11) is -2.12. The number of nitrogens with zero attached hydrogens (tertiary/aromatic N) is 2. The molecule has 3 rings (SSSR count). The molecule has 15 heteroatoms. The van der Waals surface area contributed by atoms with Gasteiger partial charge in [0, 0.05) is 18.2 Å². The lowest BCUT2D eigenvalue weighted by Crippen LogP contribution is -2.44. The summed E-state index contributed by atoms with van der Waals surface area (Å²) in [6.45, 7) is 10.2. The Morgan fingerprint density at radius 3 is 2.50 bits per heavy atom. The smallest absolute Gasteiger partial charge is 0.414 e. The fourth-order valence-electron chi connectivity index (χ4n) is 3.85. The number of carbonyl (C=O) groups is 2. The van der Waals surface area contributed by atoms with Gasteiger partial charge in [0.1, 0.15) is 12.3 Å². The first-order valence-corrected chi connectivity index (χ1v) is 18.1. The first kappa shape index (κ1) is 35.3. The number of nitrogens with one attached hydrogen (secondary N) is 2. The summed E-state index contributed by atoms with van der Waals surface area (Å²) >= 11 is 1.49. The van der Waals surface area contributed by atoms with E-state index in [9.17, 15) is 27.6 Å². The van der Waals surface area contributed by atoms with E-state index in [1.54, 1.807) is 35.6 Å². The van der Waals surface area contributed by atoms with Crippen molar-refractivity contribution < 1.29 is 36.7 Å². The largest absolute Gasteiger partial charge is 0.471 e. The van der Waals surface area contributed by atoms with E-state index in [-0.39, 0.29) is 35.0 Å². The first-order chi connectivity index (χ1) is 20.5. The zero-order valence-corrected chi connectivity index (χ0v) is 27.2. The van der Waals surface area contributed by atoms with Crippen molar-refractivity contribution in [3.05, 3.63) is 58.1 Å². The van der Waals surface area contributed by atoms with Crippen molar-refractivity contribution in [3.8, 4) is 11.8 Å². The Morgan fingerprint density at radius 1 is 1.20 bits per heavy atom. The molecule has 0 radical (unpaired) electrons. The van der Waals surface area contributed by atoms with E-state index in [1.165, 1.54) is 22.5 Å². The van der Waals surface area contributed by atoms with Gasteiger partial charge in [0.25, 0.3) is 5.91 Å². The van der Waals surface area contributed by atoms with Crippen molar-refractivity contribution in [1.29, 1.82) is 0 Å². The monoisotopic (exact) mass is 654 g/mol. The Bertz CT molecular complexity index is 1440. The molecule has 2 heterocycles. The van der Waals surface area contributed by atoms with Crippen LogP contribution in [0.5, 0.6) is 0 Å². The molecule has 0 spiro atoms. The van der Waals surface area contributed by atoms with Crippen molar-refractivity contribution in [3.63, 3.8) is 0 Å². The van der Waals surface area contributed by atoms with E-state index in [2.05, 4.69) is 56.0 Å². The third-order valence-electron chi connectivity index (χ3n) is 7.34. The first-order valence-electron chi connectivity index (χ1n) is 13.8. The van der Waals surface area contributed by atoms with Crippen molar-refractivity contribution in [1.82, 2.24) is 14.9 Å². The van der Waals surface area contributed by atoms with Crippen molar-refractivity contribution in [2.24, 2.45) is 0 Å². The third-order valence-corrected chi connectivity index (χ3v) is 12.2. The Balaban J connectivity index is 1.92. The van der Waals surface area contributed by atoms with E-state index in [0.29, 0.717) is 5.94 Å². The van der Waals surface area contributed by atoms with Gasteiger partial charge in [-0.1, -0.05) is 50.8 Å². The van der Waals surface area contributed by atoms with Crippen LogP contribution in [0.2, 0.25) is 18.1 Å². The molecule has 0 bridgehead atoms. The summed E-state index contributed by atoms with van der Waals surface area (Å²) in [5, 5.41) is 4.17. The van der Waals surface area contributed by atoms with Gasteiger partial charge >= 0.3 is 17.8 Å². The average Bonchev–Trinajstić information content (AvgIpc) is 3.35. The molecule has 240 valence electrons. The van der Waals surface area contributed by atoms with Crippen LogP contribution >= 0.6 is 11.8 Å². The lowest BCUT2D eigenvalue weighted by molar-refractivity contribution is -0.173. The summed E-state index contributed by atoms with van der Waals surface area (Å²) in [5.74, 6) is 2.51. The fraction of sp³-hybridized carbons (Fsp3) is 0.517. The minimum absolute atomic E-state index is 0.0290. The van der Waals surface area contributed by atoms with E-state index < -0.39 is 57.0 Å². The molecule has 44 heavy (non-hydrogen) atoms. The molecule has 1 aromatic heterocycles. The highest BCUT2D eigenvalue weighted by molar-refractivity contribution is 7.98. The standard InChI is InChI=1S/C29H37F3N4O6SSi/c1-28(2,3)44(5,6)41-17-22-21(40-18-43-4)15-23(42-22)36-16-20(13-10-14-33-26(38)29(30,31)32)24(35-27(36)39)34-25(37)19-11-8-7-9-12-19/h7-9,11-12,16,21-23H,14-15,17-18H2,1-6H3,(H,33,38)(H,34,35,37,39)/t21?,22-,23-/m1/s1. The van der Waals surface area contributed by atoms with Gasteiger partial charge in [-0.05, 0) is 36.5 Å². The van der Waals surface area contributed by atoms with Crippen LogP contribution in [0.3, 0.4) is 0 Å². The van der Waals surface area contributed by atoms with Crippen LogP contribution in [0.15, 0.2) is 41.3 Å². The molecule has 1 aromatic carbocycles. The number of aromatic nitrogens is 2. The molecule has 1 unspecified atom stereocenters. The Labute approximate surface area is 259 Å². The van der Waals surface area contributed by atoms with E-state index in [1.807, 2.05) is 6.26 Å². The van der Waals surface area contributed by atoms with Gasteiger partial charge in [0.2, 0.25) is 0 Å². The predicted molar refractivity (Wildman–Crippen MR) is 164 cm³/mol. The van der Waals surface area contributed by atoms with Gasteiger partial charge in [0.05, 0.1) is 30.8 Å². The lowest BCUT2D eigenvalue weighted by atomic mass is 10.2. The highest BCUT2D eigenvalue weighted by Gasteiger charge is 2.42. The molecule has 0 saturated carbocycles. The molecule has 1 saturated heterocycles. The molecule has 1 aliphatic rings. The Morgan fingerprint density at radius 2 is 1.89 bits per heavy atom. The van der Waals surface area contributed by atoms with Gasteiger partial charge < -0.3 is 24.5 Å². The zero-order valence-electron chi connectivity index (χ0n) is 25.4. The van der Waals surface area contributed by atoms with Crippen LogP contribution in [0.25, 0.3) is 0 Å². The Hall–Kier alpha value is -3.16. The van der Waals surface area contributed by atoms with Crippen LogP contribution in [-0.4, -0.2) is 73.4 Å². The maximum absolute atomic E-state index is 13.2. The van der Waals surface area contributed by atoms with Crippen molar-refractivity contribution in [2.45, 2.75) is 69.9 Å². The number of anilines is 1. The maximum atomic E-state index is 13.2. The van der Waals surface area contributed by atoms with Gasteiger partial charge in [-0.15, -0.1) is 11.8 Å². The van der Waals surface area contributed by atoms with Crippen LogP contribution in [0.4, 0.5) is 19.0 Å². The second-order valence-corrected chi connectivity index (χ2v) is 17.2. The summed E-state index contributed by atoms with van der Waals surface area (Å²) in [4.78, 5) is 41.2. The number of hydrogen-bond acceptors (Lipinski definition) is 8. The summed E-state index contributed by atoms with van der Waals surface area (Å²) in [6, 6.07) is 8.15. The number of thioether (sulfide) groups is 1. The van der Waals surface area contributed by atoms with E-state index in [0.717, 1.165) is 0 Å². The van der Waals surface area contributed by atoms with Gasteiger partial charge in [0.15, 0.2) is 14.1 Å². The Kier molecular flexibility index (Phi) is 11.8.